The predicted octanol–water partition coefficient (Wildman–Crippen LogP) is 3.55. The Hall–Kier alpha value is -2.20. The normalized spacial score (nSPS) is 10.4. The van der Waals surface area contributed by atoms with Crippen molar-refractivity contribution in [2.45, 2.75) is 0 Å². The maximum absolute atomic E-state index is 10.4. The van der Waals surface area contributed by atoms with Crippen molar-refractivity contribution < 1.29 is 8.42 Å². The maximum Gasteiger partial charge on any atom is 0.316 e. The Bertz CT molecular complexity index is 663. The van der Waals surface area contributed by atoms with Crippen LogP contribution in [0.15, 0.2) is 59.0 Å². The van der Waals surface area contributed by atoms with Gasteiger partial charge in [0, 0.05) is 0 Å². The van der Waals surface area contributed by atoms with Gasteiger partial charge in [-0.05, 0) is 23.3 Å². The Morgan fingerprint density at radius 1 is 0.778 bits per heavy atom. The molecule has 0 radical (unpaired) electrons. The van der Waals surface area contributed by atoms with E-state index in [1.54, 1.807) is 12.1 Å². The molecule has 3 nitrogen and oxygen atoms in total. The molecule has 0 amide bonds. The average molecular weight is 257 g/mol. The van der Waals surface area contributed by atoms with Gasteiger partial charge in [0.05, 0.1) is 5.69 Å². The summed E-state index contributed by atoms with van der Waals surface area (Å²) >= 11 is 0. The van der Waals surface area contributed by atoms with E-state index in [-0.39, 0.29) is 0 Å². The topological polar surface area (TPSA) is 46.5 Å². The molecule has 0 aliphatic heterocycles. The Labute approximate surface area is 107 Å². The minimum absolute atomic E-state index is 0.431. The molecule has 0 saturated carbocycles. The molecule has 4 heteroatoms. The van der Waals surface area contributed by atoms with E-state index in [9.17, 15) is 8.42 Å². The van der Waals surface area contributed by atoms with Crippen molar-refractivity contribution in [3.63, 3.8) is 0 Å². The van der Waals surface area contributed by atoms with Gasteiger partial charge in [-0.2, -0.15) is 8.42 Å². The first-order chi connectivity index (χ1) is 8.74. The summed E-state index contributed by atoms with van der Waals surface area (Å²) in [5.74, 6) is 0. The highest BCUT2D eigenvalue weighted by Gasteiger charge is 1.90. The Morgan fingerprint density at radius 2 is 1.33 bits per heavy atom. The lowest BCUT2D eigenvalue weighted by Gasteiger charge is -1.94. The van der Waals surface area contributed by atoms with Crippen molar-refractivity contribution in [1.82, 2.24) is 0 Å². The molecule has 0 unspecified atom stereocenters. The van der Waals surface area contributed by atoms with E-state index in [0.717, 1.165) is 11.1 Å². The zero-order chi connectivity index (χ0) is 12.8. The molecule has 0 spiro atoms. The van der Waals surface area contributed by atoms with Crippen LogP contribution in [0.25, 0.3) is 12.2 Å². The number of benzene rings is 2. The van der Waals surface area contributed by atoms with E-state index in [0.29, 0.717) is 5.69 Å². The number of hydrogen-bond acceptors (Lipinski definition) is 3. The first-order valence-electron chi connectivity index (χ1n) is 5.38. The van der Waals surface area contributed by atoms with Gasteiger partial charge in [-0.15, -0.1) is 4.36 Å². The molecule has 0 saturated heterocycles. The highest BCUT2D eigenvalue weighted by Crippen LogP contribution is 2.14. The van der Waals surface area contributed by atoms with E-state index in [1.807, 2.05) is 54.6 Å². The van der Waals surface area contributed by atoms with Crippen molar-refractivity contribution in [3.8, 4) is 0 Å². The molecule has 0 atom stereocenters. The Morgan fingerprint density at radius 3 is 1.89 bits per heavy atom. The second-order valence-corrected chi connectivity index (χ2v) is 4.26. The van der Waals surface area contributed by atoms with Crippen LogP contribution in [0.1, 0.15) is 11.1 Å². The molecular formula is C14H11NO2S. The van der Waals surface area contributed by atoms with E-state index < -0.39 is 10.5 Å². The average Bonchev–Trinajstić information content (AvgIpc) is 2.38. The third-order valence-corrected chi connectivity index (χ3v) is 2.70. The van der Waals surface area contributed by atoms with Crippen molar-refractivity contribution in [3.05, 3.63) is 65.7 Å². The van der Waals surface area contributed by atoms with Crippen LogP contribution >= 0.6 is 0 Å². The van der Waals surface area contributed by atoms with Crippen LogP contribution < -0.4 is 0 Å². The van der Waals surface area contributed by atoms with Gasteiger partial charge < -0.3 is 0 Å². The highest BCUT2D eigenvalue weighted by molar-refractivity contribution is 7.61. The Kier molecular flexibility index (Phi) is 4.04. The monoisotopic (exact) mass is 257 g/mol. The van der Waals surface area contributed by atoms with Gasteiger partial charge in [-0.3, -0.25) is 0 Å². The van der Waals surface area contributed by atoms with Gasteiger partial charge in [0.2, 0.25) is 0 Å². The molecule has 2 rings (SSSR count). The van der Waals surface area contributed by atoms with Gasteiger partial charge in [-0.1, -0.05) is 54.6 Å². The predicted molar refractivity (Wildman–Crippen MR) is 72.8 cm³/mol. The summed E-state index contributed by atoms with van der Waals surface area (Å²) in [6.07, 6.45) is 3.96. The van der Waals surface area contributed by atoms with Crippen LogP contribution in [0.2, 0.25) is 0 Å². The van der Waals surface area contributed by atoms with Crippen LogP contribution in [0.5, 0.6) is 0 Å². The molecule has 0 bridgehead atoms. The summed E-state index contributed by atoms with van der Waals surface area (Å²) in [6.45, 7) is 0. The van der Waals surface area contributed by atoms with Crippen molar-refractivity contribution in [1.29, 1.82) is 0 Å². The lowest BCUT2D eigenvalue weighted by atomic mass is 10.1. The van der Waals surface area contributed by atoms with E-state index in [4.69, 9.17) is 0 Å². The minimum Gasteiger partial charge on any atom is -0.163 e. The minimum atomic E-state index is -2.40. The van der Waals surface area contributed by atoms with Gasteiger partial charge >= 0.3 is 10.5 Å². The summed E-state index contributed by atoms with van der Waals surface area (Å²) in [4.78, 5) is 0. The molecule has 2 aromatic carbocycles. The van der Waals surface area contributed by atoms with Crippen molar-refractivity contribution >= 4 is 28.3 Å². The zero-order valence-corrected chi connectivity index (χ0v) is 10.3. The lowest BCUT2D eigenvalue weighted by Crippen LogP contribution is -1.72. The molecule has 2 aromatic rings. The second kappa shape index (κ2) is 5.93. The van der Waals surface area contributed by atoms with Crippen LogP contribution in [-0.2, 0) is 10.5 Å². The van der Waals surface area contributed by atoms with Crippen LogP contribution in [0, 0.1) is 0 Å². The first kappa shape index (κ1) is 12.3. The van der Waals surface area contributed by atoms with Gasteiger partial charge in [0.15, 0.2) is 0 Å². The molecule has 0 fully saturated rings. The quantitative estimate of drug-likeness (QED) is 0.789. The molecule has 0 heterocycles. The molecule has 0 aliphatic carbocycles. The summed E-state index contributed by atoms with van der Waals surface area (Å²) in [5, 5.41) is 0. The lowest BCUT2D eigenvalue weighted by molar-refractivity contribution is 0.622. The summed E-state index contributed by atoms with van der Waals surface area (Å²) in [6, 6.07) is 16.9. The van der Waals surface area contributed by atoms with E-state index in [2.05, 4.69) is 4.36 Å². The highest BCUT2D eigenvalue weighted by atomic mass is 32.2. The van der Waals surface area contributed by atoms with Crippen molar-refractivity contribution in [2.75, 3.05) is 0 Å². The first-order valence-corrected chi connectivity index (χ1v) is 6.41. The molecule has 0 aliphatic rings. The fourth-order valence-corrected chi connectivity index (χ4v) is 1.78. The maximum atomic E-state index is 10.4. The molecule has 18 heavy (non-hydrogen) atoms. The SMILES string of the molecule is O=S(=O)=Nc1ccc(C=Cc2ccccc2)cc1. The van der Waals surface area contributed by atoms with Gasteiger partial charge in [0.25, 0.3) is 0 Å². The zero-order valence-electron chi connectivity index (χ0n) is 9.52. The number of hydrogen-bond donors (Lipinski definition) is 0. The summed E-state index contributed by atoms with van der Waals surface area (Å²) in [7, 11) is -2.40. The summed E-state index contributed by atoms with van der Waals surface area (Å²) in [5.41, 5.74) is 2.54. The Balaban J connectivity index is 2.16. The van der Waals surface area contributed by atoms with Crippen LogP contribution in [-0.4, -0.2) is 8.42 Å². The molecular weight excluding hydrogens is 246 g/mol. The van der Waals surface area contributed by atoms with Crippen LogP contribution in [0.3, 0.4) is 0 Å². The largest absolute Gasteiger partial charge is 0.316 e. The smallest absolute Gasteiger partial charge is 0.163 e. The van der Waals surface area contributed by atoms with E-state index >= 15 is 0 Å². The second-order valence-electron chi connectivity index (χ2n) is 3.64. The number of nitrogens with zero attached hydrogens (tertiary/aromatic N) is 1. The molecule has 0 N–H and O–H groups in total. The van der Waals surface area contributed by atoms with Crippen LogP contribution in [0.4, 0.5) is 5.69 Å². The molecule has 0 aromatic heterocycles. The standard InChI is InChI=1S/C14H11NO2S/c16-18(17)15-14-10-8-13(9-11-14)7-6-12-4-2-1-3-5-12/h1-11H. The third kappa shape index (κ3) is 3.68. The van der Waals surface area contributed by atoms with Gasteiger partial charge in [-0.25, -0.2) is 0 Å². The van der Waals surface area contributed by atoms with Gasteiger partial charge in [0.1, 0.15) is 0 Å². The van der Waals surface area contributed by atoms with Crippen molar-refractivity contribution in [2.24, 2.45) is 4.36 Å². The van der Waals surface area contributed by atoms with E-state index in [1.165, 1.54) is 0 Å². The fraction of sp³-hybridized carbons (Fsp3) is 0. The summed E-state index contributed by atoms with van der Waals surface area (Å²) < 4.78 is 24.2. The fourth-order valence-electron chi connectivity index (χ4n) is 1.49. The molecule has 90 valence electrons. The number of rotatable bonds is 3. The third-order valence-electron chi connectivity index (χ3n) is 2.34.